The quantitative estimate of drug-likeness (QED) is 0.721. The molecule has 0 saturated heterocycles. The van der Waals surface area contributed by atoms with Crippen LogP contribution in [0.2, 0.25) is 0 Å². The van der Waals surface area contributed by atoms with Crippen molar-refractivity contribution in [2.24, 2.45) is 0 Å². The van der Waals surface area contributed by atoms with Crippen LogP contribution in [0.5, 0.6) is 5.75 Å². The highest BCUT2D eigenvalue weighted by atomic mass is 79.9. The number of rotatable bonds is 8. The van der Waals surface area contributed by atoms with Crippen molar-refractivity contribution in [2.75, 3.05) is 20.2 Å². The number of carbonyl (C=O) groups excluding carboxylic acids is 1. The van der Waals surface area contributed by atoms with Crippen molar-refractivity contribution >= 4 is 21.8 Å². The van der Waals surface area contributed by atoms with E-state index in [1.165, 1.54) is 0 Å². The van der Waals surface area contributed by atoms with Crippen molar-refractivity contribution in [2.45, 2.75) is 26.3 Å². The number of hydrogen-bond donors (Lipinski definition) is 2. The molecule has 0 radical (unpaired) electrons. The first kappa shape index (κ1) is 16.0. The third-order valence-corrected chi connectivity index (χ3v) is 3.38. The van der Waals surface area contributed by atoms with E-state index < -0.39 is 0 Å². The number of halogens is 1. The zero-order chi connectivity index (χ0) is 14.1. The average molecular weight is 329 g/mol. The van der Waals surface area contributed by atoms with Gasteiger partial charge in [-0.3, -0.25) is 4.79 Å². The lowest BCUT2D eigenvalue weighted by Crippen LogP contribution is -2.29. The van der Waals surface area contributed by atoms with Crippen LogP contribution in [0.25, 0.3) is 0 Å². The van der Waals surface area contributed by atoms with Gasteiger partial charge in [-0.15, -0.1) is 0 Å². The number of ether oxygens (including phenoxy) is 1. The predicted molar refractivity (Wildman–Crippen MR) is 80.3 cm³/mol. The topological polar surface area (TPSA) is 50.4 Å². The molecular weight excluding hydrogens is 308 g/mol. The average Bonchev–Trinajstić information content (AvgIpc) is 2.40. The highest BCUT2D eigenvalue weighted by Gasteiger charge is 2.05. The monoisotopic (exact) mass is 328 g/mol. The molecule has 0 atom stereocenters. The molecule has 0 aliphatic heterocycles. The van der Waals surface area contributed by atoms with Crippen molar-refractivity contribution in [3.05, 3.63) is 28.2 Å². The van der Waals surface area contributed by atoms with Crippen molar-refractivity contribution in [1.82, 2.24) is 10.6 Å². The van der Waals surface area contributed by atoms with Gasteiger partial charge in [-0.2, -0.15) is 0 Å². The van der Waals surface area contributed by atoms with Gasteiger partial charge in [-0.1, -0.05) is 29.3 Å². The maximum atomic E-state index is 11.5. The Hall–Kier alpha value is -1.07. The molecule has 0 aliphatic rings. The summed E-state index contributed by atoms with van der Waals surface area (Å²) < 4.78 is 6.51. The summed E-state index contributed by atoms with van der Waals surface area (Å²) >= 11 is 3.48. The molecule has 0 bridgehead atoms. The molecule has 1 aromatic rings. The van der Waals surface area contributed by atoms with E-state index in [1.54, 1.807) is 0 Å². The summed E-state index contributed by atoms with van der Waals surface area (Å²) in [4.78, 5) is 11.5. The number of nitrogens with one attached hydrogen (secondary N) is 2. The third-order valence-electron chi connectivity index (χ3n) is 2.61. The zero-order valence-corrected chi connectivity index (χ0v) is 13.0. The fourth-order valence-corrected chi connectivity index (χ4v) is 1.96. The second-order valence-electron chi connectivity index (χ2n) is 4.28. The van der Waals surface area contributed by atoms with Gasteiger partial charge in [0, 0.05) is 17.6 Å². The van der Waals surface area contributed by atoms with Crippen LogP contribution >= 0.6 is 15.9 Å². The van der Waals surface area contributed by atoms with E-state index in [4.69, 9.17) is 4.74 Å². The first-order valence-electron chi connectivity index (χ1n) is 6.50. The normalized spacial score (nSPS) is 10.3. The van der Waals surface area contributed by atoms with Gasteiger partial charge in [0.25, 0.3) is 5.91 Å². The molecule has 0 aliphatic carbocycles. The minimum atomic E-state index is -0.0773. The van der Waals surface area contributed by atoms with Crippen LogP contribution in [0.4, 0.5) is 0 Å². The van der Waals surface area contributed by atoms with Gasteiger partial charge in [0.15, 0.2) is 6.61 Å². The SMILES string of the molecule is CCCCNC(=O)COc1ccc(Br)c(CNC)c1. The molecule has 0 unspecified atom stereocenters. The number of amides is 1. The molecule has 1 aromatic carbocycles. The summed E-state index contributed by atoms with van der Waals surface area (Å²) in [5.41, 5.74) is 1.10. The Labute approximate surface area is 123 Å². The molecule has 0 spiro atoms. The maximum Gasteiger partial charge on any atom is 0.257 e. The van der Waals surface area contributed by atoms with E-state index in [1.807, 2.05) is 25.2 Å². The van der Waals surface area contributed by atoms with Crippen LogP contribution in [0.3, 0.4) is 0 Å². The second kappa shape index (κ2) is 8.93. The van der Waals surface area contributed by atoms with Crippen molar-refractivity contribution in [3.63, 3.8) is 0 Å². The van der Waals surface area contributed by atoms with E-state index in [0.29, 0.717) is 12.3 Å². The Morgan fingerprint density at radius 1 is 1.42 bits per heavy atom. The Bertz CT molecular complexity index is 410. The minimum Gasteiger partial charge on any atom is -0.484 e. The van der Waals surface area contributed by atoms with E-state index in [-0.39, 0.29) is 12.5 Å². The molecule has 1 amide bonds. The number of unbranched alkanes of at least 4 members (excludes halogenated alkanes) is 1. The van der Waals surface area contributed by atoms with E-state index in [9.17, 15) is 4.79 Å². The Morgan fingerprint density at radius 2 is 2.21 bits per heavy atom. The third kappa shape index (κ3) is 6.07. The molecular formula is C14H21BrN2O2. The molecule has 4 nitrogen and oxygen atoms in total. The molecule has 0 aromatic heterocycles. The standard InChI is InChI=1S/C14H21BrN2O2/c1-3-4-7-17-14(18)10-19-12-5-6-13(15)11(8-12)9-16-2/h5-6,8,16H,3-4,7,9-10H2,1-2H3,(H,17,18). The lowest BCUT2D eigenvalue weighted by Gasteiger charge is -2.10. The van der Waals surface area contributed by atoms with Crippen LogP contribution in [-0.4, -0.2) is 26.1 Å². The second-order valence-corrected chi connectivity index (χ2v) is 5.13. The maximum absolute atomic E-state index is 11.5. The highest BCUT2D eigenvalue weighted by molar-refractivity contribution is 9.10. The largest absolute Gasteiger partial charge is 0.484 e. The zero-order valence-electron chi connectivity index (χ0n) is 11.5. The smallest absolute Gasteiger partial charge is 0.257 e. The van der Waals surface area contributed by atoms with Crippen LogP contribution in [0.15, 0.2) is 22.7 Å². The molecule has 1 rings (SSSR count). The van der Waals surface area contributed by atoms with Crippen LogP contribution in [-0.2, 0) is 11.3 Å². The van der Waals surface area contributed by atoms with Crippen molar-refractivity contribution < 1.29 is 9.53 Å². The van der Waals surface area contributed by atoms with Crippen molar-refractivity contribution in [1.29, 1.82) is 0 Å². The van der Waals surface area contributed by atoms with Crippen LogP contribution < -0.4 is 15.4 Å². The molecule has 2 N–H and O–H groups in total. The molecule has 106 valence electrons. The van der Waals surface area contributed by atoms with Crippen LogP contribution in [0, 0.1) is 0 Å². The summed E-state index contributed by atoms with van der Waals surface area (Å²) in [5, 5.41) is 5.91. The Kier molecular flexibility index (Phi) is 7.52. The first-order chi connectivity index (χ1) is 9.17. The summed E-state index contributed by atoms with van der Waals surface area (Å²) in [5.74, 6) is 0.630. The summed E-state index contributed by atoms with van der Waals surface area (Å²) in [6, 6.07) is 5.71. The number of hydrogen-bond acceptors (Lipinski definition) is 3. The summed E-state index contributed by atoms with van der Waals surface area (Å²) in [6.45, 7) is 3.61. The summed E-state index contributed by atoms with van der Waals surface area (Å²) in [6.07, 6.45) is 2.07. The van der Waals surface area contributed by atoms with E-state index in [0.717, 1.165) is 29.4 Å². The lowest BCUT2D eigenvalue weighted by atomic mass is 10.2. The van der Waals surface area contributed by atoms with E-state index >= 15 is 0 Å². The molecule has 19 heavy (non-hydrogen) atoms. The van der Waals surface area contributed by atoms with Crippen LogP contribution in [0.1, 0.15) is 25.3 Å². The molecule has 5 heteroatoms. The first-order valence-corrected chi connectivity index (χ1v) is 7.29. The number of benzene rings is 1. The van der Waals surface area contributed by atoms with Gasteiger partial charge in [0.1, 0.15) is 5.75 Å². The van der Waals surface area contributed by atoms with Gasteiger partial charge in [-0.25, -0.2) is 0 Å². The van der Waals surface area contributed by atoms with Gasteiger partial charge in [-0.05, 0) is 37.2 Å². The van der Waals surface area contributed by atoms with Gasteiger partial charge >= 0.3 is 0 Å². The van der Waals surface area contributed by atoms with Gasteiger partial charge < -0.3 is 15.4 Å². The fraction of sp³-hybridized carbons (Fsp3) is 0.500. The molecule has 0 heterocycles. The highest BCUT2D eigenvalue weighted by Crippen LogP contribution is 2.22. The van der Waals surface area contributed by atoms with Gasteiger partial charge in [0.05, 0.1) is 0 Å². The fourth-order valence-electron chi connectivity index (χ4n) is 1.57. The Balaban J connectivity index is 2.44. The van der Waals surface area contributed by atoms with Crippen molar-refractivity contribution in [3.8, 4) is 5.75 Å². The Morgan fingerprint density at radius 3 is 2.89 bits per heavy atom. The minimum absolute atomic E-state index is 0.0599. The van der Waals surface area contributed by atoms with Gasteiger partial charge in [0.2, 0.25) is 0 Å². The number of carbonyl (C=O) groups is 1. The molecule has 0 fully saturated rings. The predicted octanol–water partition coefficient (Wildman–Crippen LogP) is 2.46. The molecule has 0 saturated carbocycles. The lowest BCUT2D eigenvalue weighted by molar-refractivity contribution is -0.123. The van der Waals surface area contributed by atoms with E-state index in [2.05, 4.69) is 33.5 Å². The summed E-state index contributed by atoms with van der Waals surface area (Å²) in [7, 11) is 1.89.